The fourth-order valence-electron chi connectivity index (χ4n) is 2.69. The van der Waals surface area contributed by atoms with Crippen molar-refractivity contribution in [1.82, 2.24) is 10.2 Å². The van der Waals surface area contributed by atoms with E-state index in [1.54, 1.807) is 0 Å². The summed E-state index contributed by atoms with van der Waals surface area (Å²) in [4.78, 5) is 8.50. The largest absolute Gasteiger partial charge is 0.354 e. The van der Waals surface area contributed by atoms with Gasteiger partial charge in [-0.1, -0.05) is 18.2 Å². The van der Waals surface area contributed by atoms with Crippen LogP contribution in [0.4, 0.5) is 0 Å². The molecule has 1 saturated carbocycles. The van der Waals surface area contributed by atoms with Crippen molar-refractivity contribution in [3.63, 3.8) is 0 Å². The molecule has 1 N–H and O–H groups in total. The molecule has 22 heavy (non-hydrogen) atoms. The summed E-state index contributed by atoms with van der Waals surface area (Å²) in [5.74, 6) is 3.13. The molecule has 1 aliphatic heterocycles. The number of thioether (sulfide) groups is 1. The third kappa shape index (κ3) is 5.33. The molecule has 0 bridgehead atoms. The maximum absolute atomic E-state index is 4.66. The van der Waals surface area contributed by atoms with E-state index >= 15 is 0 Å². The number of hydrogen-bond donors (Lipinski definition) is 1. The molecule has 1 saturated heterocycles. The third-order valence-corrected chi connectivity index (χ3v) is 5.28. The van der Waals surface area contributed by atoms with E-state index in [-0.39, 0.29) is 24.0 Å². The molecule has 3 nitrogen and oxygen atoms in total. The molecule has 1 unspecified atom stereocenters. The molecule has 0 aromatic heterocycles. The van der Waals surface area contributed by atoms with Gasteiger partial charge in [-0.25, -0.2) is 0 Å². The van der Waals surface area contributed by atoms with Gasteiger partial charge in [0.1, 0.15) is 0 Å². The van der Waals surface area contributed by atoms with Gasteiger partial charge in [0.25, 0.3) is 0 Å². The molecule has 5 heteroatoms. The molecule has 2 aliphatic rings. The van der Waals surface area contributed by atoms with E-state index in [1.807, 2.05) is 11.8 Å². The minimum Gasteiger partial charge on any atom is -0.354 e. The van der Waals surface area contributed by atoms with E-state index in [2.05, 4.69) is 52.5 Å². The van der Waals surface area contributed by atoms with Crippen LogP contribution in [0.2, 0.25) is 0 Å². The Morgan fingerprint density at radius 1 is 1.27 bits per heavy atom. The lowest BCUT2D eigenvalue weighted by atomic mass is 10.2. The minimum absolute atomic E-state index is 0. The van der Waals surface area contributed by atoms with Crippen LogP contribution in [0.5, 0.6) is 0 Å². The van der Waals surface area contributed by atoms with Gasteiger partial charge in [-0.3, -0.25) is 4.99 Å². The Hall–Kier alpha value is -0.430. The number of guanidine groups is 1. The van der Waals surface area contributed by atoms with E-state index in [1.165, 1.54) is 29.9 Å². The topological polar surface area (TPSA) is 27.6 Å². The van der Waals surface area contributed by atoms with Crippen LogP contribution in [-0.2, 0) is 0 Å². The van der Waals surface area contributed by atoms with Gasteiger partial charge in [0.15, 0.2) is 5.96 Å². The van der Waals surface area contributed by atoms with Crippen molar-refractivity contribution in [2.75, 3.05) is 25.4 Å². The molecule has 0 amide bonds. The Kier molecular flexibility index (Phi) is 7.34. The Morgan fingerprint density at radius 3 is 2.73 bits per heavy atom. The summed E-state index contributed by atoms with van der Waals surface area (Å²) < 4.78 is 0. The zero-order valence-corrected chi connectivity index (χ0v) is 16.3. The third-order valence-electron chi connectivity index (χ3n) is 4.03. The summed E-state index contributed by atoms with van der Waals surface area (Å²) in [6, 6.07) is 11.4. The number of hydrogen-bond acceptors (Lipinski definition) is 2. The van der Waals surface area contributed by atoms with Crippen LogP contribution in [-0.4, -0.2) is 42.3 Å². The van der Waals surface area contributed by atoms with Gasteiger partial charge in [0.2, 0.25) is 0 Å². The number of rotatable bonds is 5. The predicted molar refractivity (Wildman–Crippen MR) is 106 cm³/mol. The lowest BCUT2D eigenvalue weighted by molar-refractivity contribution is 0.472. The van der Waals surface area contributed by atoms with Crippen molar-refractivity contribution in [2.45, 2.75) is 37.1 Å². The highest BCUT2D eigenvalue weighted by atomic mass is 127. The Bertz CT molecular complexity index is 476. The van der Waals surface area contributed by atoms with Gasteiger partial charge in [0.05, 0.1) is 0 Å². The fourth-order valence-corrected chi connectivity index (χ4v) is 3.74. The van der Waals surface area contributed by atoms with Gasteiger partial charge in [0, 0.05) is 36.3 Å². The molecule has 1 aromatic rings. The first-order valence-electron chi connectivity index (χ1n) is 8.09. The monoisotopic (exact) mass is 431 g/mol. The van der Waals surface area contributed by atoms with Crippen LogP contribution < -0.4 is 5.32 Å². The van der Waals surface area contributed by atoms with E-state index in [0.717, 1.165) is 31.5 Å². The molecule has 1 heterocycles. The van der Waals surface area contributed by atoms with Crippen LogP contribution >= 0.6 is 35.7 Å². The summed E-state index contributed by atoms with van der Waals surface area (Å²) in [6.45, 7) is 5.29. The molecule has 1 aliphatic carbocycles. The van der Waals surface area contributed by atoms with Gasteiger partial charge >= 0.3 is 0 Å². The first-order valence-corrected chi connectivity index (χ1v) is 9.07. The van der Waals surface area contributed by atoms with Crippen molar-refractivity contribution >= 4 is 41.7 Å². The minimum atomic E-state index is 0. The number of aliphatic imine (C=N–C) groups is 1. The Balaban J connectivity index is 0.00000176. The maximum atomic E-state index is 4.66. The number of nitrogens with one attached hydrogen (secondary N) is 1. The second kappa shape index (κ2) is 9.01. The fraction of sp³-hybridized carbons (Fsp3) is 0.588. The Labute approximate surface area is 155 Å². The molecule has 1 aromatic carbocycles. The van der Waals surface area contributed by atoms with Crippen molar-refractivity contribution in [2.24, 2.45) is 10.9 Å². The molecular formula is C17H26IN3S. The second-order valence-corrected chi connectivity index (χ2v) is 7.03. The number of halogens is 1. The lowest BCUT2D eigenvalue weighted by Gasteiger charge is -2.22. The summed E-state index contributed by atoms with van der Waals surface area (Å²) in [5, 5.41) is 3.60. The molecule has 3 rings (SSSR count). The highest BCUT2D eigenvalue weighted by Crippen LogP contribution is 2.26. The summed E-state index contributed by atoms with van der Waals surface area (Å²) >= 11 is 1.98. The van der Waals surface area contributed by atoms with Crippen molar-refractivity contribution < 1.29 is 0 Å². The number of nitrogens with zero attached hydrogens (tertiary/aromatic N) is 2. The van der Waals surface area contributed by atoms with Gasteiger partial charge in [-0.15, -0.1) is 35.7 Å². The maximum Gasteiger partial charge on any atom is 0.194 e. The first-order chi connectivity index (χ1) is 10.3. The molecule has 1 atom stereocenters. The lowest BCUT2D eigenvalue weighted by Crippen LogP contribution is -2.41. The van der Waals surface area contributed by atoms with E-state index in [9.17, 15) is 0 Å². The van der Waals surface area contributed by atoms with Crippen LogP contribution in [0, 0.1) is 5.92 Å². The Morgan fingerprint density at radius 2 is 2.05 bits per heavy atom. The van der Waals surface area contributed by atoms with Crippen molar-refractivity contribution in [3.05, 3.63) is 30.3 Å². The van der Waals surface area contributed by atoms with Crippen molar-refractivity contribution in [1.29, 1.82) is 0 Å². The van der Waals surface area contributed by atoms with Gasteiger partial charge < -0.3 is 10.2 Å². The highest BCUT2D eigenvalue weighted by Gasteiger charge is 2.29. The average Bonchev–Trinajstić information content (AvgIpc) is 3.21. The predicted octanol–water partition coefficient (Wildman–Crippen LogP) is 3.85. The average molecular weight is 431 g/mol. The van der Waals surface area contributed by atoms with E-state index in [0.29, 0.717) is 6.04 Å². The van der Waals surface area contributed by atoms with Crippen LogP contribution in [0.3, 0.4) is 0 Å². The molecular weight excluding hydrogens is 405 g/mol. The molecule has 0 spiro atoms. The smallest absolute Gasteiger partial charge is 0.194 e. The quantitative estimate of drug-likeness (QED) is 0.332. The summed E-state index contributed by atoms with van der Waals surface area (Å²) in [5.41, 5.74) is 0. The number of likely N-dealkylation sites (tertiary alicyclic amines) is 1. The van der Waals surface area contributed by atoms with Crippen LogP contribution in [0.1, 0.15) is 26.2 Å². The van der Waals surface area contributed by atoms with Crippen molar-refractivity contribution in [3.8, 4) is 0 Å². The number of benzene rings is 1. The van der Waals surface area contributed by atoms with E-state index < -0.39 is 0 Å². The second-order valence-electron chi connectivity index (χ2n) is 5.94. The van der Waals surface area contributed by atoms with E-state index in [4.69, 9.17) is 0 Å². The SMILES string of the molecule is CCN=C(NC1CC1)N1CCC(CSc2ccccc2)C1.I. The zero-order valence-electron chi connectivity index (χ0n) is 13.2. The van der Waals surface area contributed by atoms with Crippen LogP contribution in [0.15, 0.2) is 40.2 Å². The van der Waals surface area contributed by atoms with Gasteiger partial charge in [-0.2, -0.15) is 0 Å². The summed E-state index contributed by atoms with van der Waals surface area (Å²) in [6.07, 6.45) is 3.91. The molecule has 0 radical (unpaired) electrons. The van der Waals surface area contributed by atoms with Gasteiger partial charge in [-0.05, 0) is 44.2 Å². The zero-order chi connectivity index (χ0) is 14.5. The molecule has 2 fully saturated rings. The first kappa shape index (κ1) is 17.9. The standard InChI is InChI=1S/C17H25N3S.HI/c1-2-18-17(19-15-8-9-15)20-11-10-14(12-20)13-21-16-6-4-3-5-7-16;/h3-7,14-15H,2,8-13H2,1H3,(H,18,19);1H. The molecule has 122 valence electrons. The summed E-state index contributed by atoms with van der Waals surface area (Å²) in [7, 11) is 0. The normalized spacial score (nSPS) is 21.6. The highest BCUT2D eigenvalue weighted by molar-refractivity contribution is 14.0. The van der Waals surface area contributed by atoms with Crippen LogP contribution in [0.25, 0.3) is 0 Å².